The van der Waals surface area contributed by atoms with Gasteiger partial charge in [0.15, 0.2) is 11.5 Å². The lowest BCUT2D eigenvalue weighted by Crippen LogP contribution is -2.18. The first-order valence-corrected chi connectivity index (χ1v) is 9.81. The van der Waals surface area contributed by atoms with E-state index in [4.69, 9.17) is 14.2 Å². The van der Waals surface area contributed by atoms with Crippen molar-refractivity contribution >= 4 is 27.5 Å². The molecule has 4 rings (SSSR count). The molecule has 0 bridgehead atoms. The molecule has 7 nitrogen and oxygen atoms in total. The Hall–Kier alpha value is -3.13. The average Bonchev–Trinajstić information content (AvgIpc) is 2.71. The number of hydrogen-bond donors (Lipinski definition) is 1. The van der Waals surface area contributed by atoms with Crippen molar-refractivity contribution in [3.8, 4) is 23.3 Å². The van der Waals surface area contributed by atoms with Crippen LogP contribution < -0.4 is 19.5 Å². The molecule has 29 heavy (non-hydrogen) atoms. The van der Waals surface area contributed by atoms with Gasteiger partial charge < -0.3 is 19.5 Å². The van der Waals surface area contributed by atoms with E-state index in [1.807, 2.05) is 25.1 Å². The molecule has 2 aromatic carbocycles. The van der Waals surface area contributed by atoms with Gasteiger partial charge in [-0.05, 0) is 54.4 Å². The molecular weight excluding hydrogens is 438 g/mol. The lowest BCUT2D eigenvalue weighted by molar-refractivity contribution is -0.115. The van der Waals surface area contributed by atoms with Gasteiger partial charge in [0.25, 0.3) is 0 Å². The number of anilines is 1. The molecular formula is C21H18BrN3O4. The van der Waals surface area contributed by atoms with Gasteiger partial charge in [0, 0.05) is 22.6 Å². The molecule has 0 spiro atoms. The van der Waals surface area contributed by atoms with Gasteiger partial charge in [-0.2, -0.15) is 0 Å². The topological polar surface area (TPSA) is 82.6 Å². The molecule has 3 aromatic rings. The van der Waals surface area contributed by atoms with Crippen LogP contribution in [-0.4, -0.2) is 29.1 Å². The van der Waals surface area contributed by atoms with Gasteiger partial charge in [0.2, 0.25) is 5.91 Å². The number of carbonyl (C=O) groups is 1. The van der Waals surface area contributed by atoms with Crippen LogP contribution in [0.15, 0.2) is 53.3 Å². The lowest BCUT2D eigenvalue weighted by atomic mass is 10.1. The van der Waals surface area contributed by atoms with Gasteiger partial charge in [-0.3, -0.25) is 4.79 Å². The van der Waals surface area contributed by atoms with Crippen LogP contribution >= 0.6 is 15.9 Å². The Morgan fingerprint density at radius 2 is 1.86 bits per heavy atom. The molecule has 148 valence electrons. The average molecular weight is 456 g/mol. The zero-order chi connectivity index (χ0) is 20.2. The standard InChI is InChI=1S/C21H18BrN3O4/c1-13-9-15(29-21-23-5-2-6-24-21)3-4-17(13)25-20(26)11-14-10-18-19(12-16(14)22)28-8-7-27-18/h2-6,9-10,12H,7-8,11H2,1H3,(H,25,26). The van der Waals surface area contributed by atoms with Gasteiger partial charge in [-0.15, -0.1) is 0 Å². The van der Waals surface area contributed by atoms with Crippen molar-refractivity contribution in [3.05, 3.63) is 64.4 Å². The number of rotatable bonds is 5. The van der Waals surface area contributed by atoms with E-state index in [1.54, 1.807) is 30.6 Å². The molecule has 0 aliphatic carbocycles. The molecule has 1 aliphatic rings. The molecule has 1 aliphatic heterocycles. The van der Waals surface area contributed by atoms with E-state index in [-0.39, 0.29) is 18.3 Å². The number of fused-ring (bicyclic) bond motifs is 1. The minimum atomic E-state index is -0.134. The van der Waals surface area contributed by atoms with Crippen molar-refractivity contribution in [1.29, 1.82) is 0 Å². The fraction of sp³-hybridized carbons (Fsp3) is 0.190. The second-order valence-corrected chi connectivity index (χ2v) is 7.28. The smallest absolute Gasteiger partial charge is 0.321 e. The molecule has 0 saturated carbocycles. The summed E-state index contributed by atoms with van der Waals surface area (Å²) < 4.78 is 17.6. The predicted octanol–water partition coefficient (Wildman–Crippen LogP) is 4.29. The zero-order valence-corrected chi connectivity index (χ0v) is 17.2. The van der Waals surface area contributed by atoms with Crippen molar-refractivity contribution < 1.29 is 19.0 Å². The summed E-state index contributed by atoms with van der Waals surface area (Å²) in [7, 11) is 0. The van der Waals surface area contributed by atoms with Crippen LogP contribution in [0, 0.1) is 6.92 Å². The number of hydrogen-bond acceptors (Lipinski definition) is 6. The normalized spacial score (nSPS) is 12.3. The third-order valence-corrected chi connectivity index (χ3v) is 5.02. The highest BCUT2D eigenvalue weighted by molar-refractivity contribution is 9.10. The van der Waals surface area contributed by atoms with E-state index in [0.29, 0.717) is 36.1 Å². The summed E-state index contributed by atoms with van der Waals surface area (Å²) in [6, 6.07) is 11.0. The minimum Gasteiger partial charge on any atom is -0.486 e. The third kappa shape index (κ3) is 4.65. The summed E-state index contributed by atoms with van der Waals surface area (Å²) in [4.78, 5) is 20.6. The predicted molar refractivity (Wildman–Crippen MR) is 111 cm³/mol. The summed E-state index contributed by atoms with van der Waals surface area (Å²) in [5, 5.41) is 2.94. The van der Waals surface area contributed by atoms with Gasteiger partial charge in [0.05, 0.1) is 6.42 Å². The van der Waals surface area contributed by atoms with Crippen LogP contribution in [0.5, 0.6) is 23.3 Å². The van der Waals surface area contributed by atoms with Crippen LogP contribution in [0.3, 0.4) is 0 Å². The zero-order valence-electron chi connectivity index (χ0n) is 15.6. The largest absolute Gasteiger partial charge is 0.486 e. The molecule has 0 fully saturated rings. The summed E-state index contributed by atoms with van der Waals surface area (Å²) in [6.45, 7) is 2.92. The number of ether oxygens (including phenoxy) is 3. The van der Waals surface area contributed by atoms with E-state index in [2.05, 4.69) is 31.2 Å². The van der Waals surface area contributed by atoms with Crippen molar-refractivity contribution in [2.75, 3.05) is 18.5 Å². The van der Waals surface area contributed by atoms with Crippen molar-refractivity contribution in [3.63, 3.8) is 0 Å². The Kier molecular flexibility index (Phi) is 5.62. The highest BCUT2D eigenvalue weighted by Crippen LogP contribution is 2.36. The Labute approximate surface area is 176 Å². The Balaban J connectivity index is 1.43. The quantitative estimate of drug-likeness (QED) is 0.617. The number of amides is 1. The highest BCUT2D eigenvalue weighted by atomic mass is 79.9. The first-order chi connectivity index (χ1) is 14.1. The molecule has 2 heterocycles. The molecule has 8 heteroatoms. The van der Waals surface area contributed by atoms with Crippen molar-refractivity contribution in [2.45, 2.75) is 13.3 Å². The highest BCUT2D eigenvalue weighted by Gasteiger charge is 2.17. The second-order valence-electron chi connectivity index (χ2n) is 6.42. The van der Waals surface area contributed by atoms with Crippen LogP contribution in [0.2, 0.25) is 0 Å². The molecule has 1 aromatic heterocycles. The first-order valence-electron chi connectivity index (χ1n) is 9.02. The fourth-order valence-electron chi connectivity index (χ4n) is 2.89. The monoisotopic (exact) mass is 455 g/mol. The molecule has 1 N–H and O–H groups in total. The first kappa shape index (κ1) is 19.2. The van der Waals surface area contributed by atoms with E-state index in [1.165, 1.54) is 0 Å². The molecule has 0 radical (unpaired) electrons. The van der Waals surface area contributed by atoms with Crippen LogP contribution in [0.1, 0.15) is 11.1 Å². The Morgan fingerprint density at radius 3 is 2.59 bits per heavy atom. The second kappa shape index (κ2) is 8.48. The van der Waals surface area contributed by atoms with Crippen LogP contribution in [0.4, 0.5) is 5.69 Å². The van der Waals surface area contributed by atoms with Crippen LogP contribution in [0.25, 0.3) is 0 Å². The SMILES string of the molecule is Cc1cc(Oc2ncccn2)ccc1NC(=O)Cc1cc2c(cc1Br)OCCO2. The Bertz CT molecular complexity index is 1040. The van der Waals surface area contributed by atoms with E-state index >= 15 is 0 Å². The summed E-state index contributed by atoms with van der Waals surface area (Å²) in [5.74, 6) is 1.80. The number of benzene rings is 2. The maximum atomic E-state index is 12.6. The number of carbonyl (C=O) groups excluding carboxylic acids is 1. The van der Waals surface area contributed by atoms with E-state index < -0.39 is 0 Å². The van der Waals surface area contributed by atoms with Crippen molar-refractivity contribution in [1.82, 2.24) is 9.97 Å². The van der Waals surface area contributed by atoms with Gasteiger partial charge in [-0.25, -0.2) is 9.97 Å². The summed E-state index contributed by atoms with van der Waals surface area (Å²) in [5.41, 5.74) is 2.41. The molecule has 0 unspecified atom stereocenters. The van der Waals surface area contributed by atoms with Gasteiger partial charge in [0.1, 0.15) is 19.0 Å². The van der Waals surface area contributed by atoms with Gasteiger partial charge >= 0.3 is 6.01 Å². The number of aryl methyl sites for hydroxylation is 1. The maximum Gasteiger partial charge on any atom is 0.321 e. The summed E-state index contributed by atoms with van der Waals surface area (Å²) in [6.07, 6.45) is 3.42. The Morgan fingerprint density at radius 1 is 1.14 bits per heavy atom. The minimum absolute atomic E-state index is 0.134. The lowest BCUT2D eigenvalue weighted by Gasteiger charge is -2.20. The van der Waals surface area contributed by atoms with Gasteiger partial charge in [-0.1, -0.05) is 15.9 Å². The molecule has 1 amide bonds. The number of aromatic nitrogens is 2. The number of halogens is 1. The van der Waals surface area contributed by atoms with E-state index in [9.17, 15) is 4.79 Å². The van der Waals surface area contributed by atoms with Crippen molar-refractivity contribution in [2.24, 2.45) is 0 Å². The maximum absolute atomic E-state index is 12.6. The van der Waals surface area contributed by atoms with Crippen LogP contribution in [-0.2, 0) is 11.2 Å². The number of nitrogens with zero attached hydrogens (tertiary/aromatic N) is 2. The third-order valence-electron chi connectivity index (χ3n) is 4.29. The van der Waals surface area contributed by atoms with E-state index in [0.717, 1.165) is 15.6 Å². The molecule has 0 atom stereocenters. The molecule has 0 saturated heterocycles. The summed E-state index contributed by atoms with van der Waals surface area (Å²) >= 11 is 3.50. The number of nitrogens with one attached hydrogen (secondary N) is 1. The fourth-order valence-corrected chi connectivity index (χ4v) is 3.35.